The number of hydrogen-bond donors (Lipinski definition) is 1. The second-order valence-electron chi connectivity index (χ2n) is 4.16. The van der Waals surface area contributed by atoms with Gasteiger partial charge in [0.2, 0.25) is 0 Å². The Labute approximate surface area is 90.6 Å². The van der Waals surface area contributed by atoms with Crippen LogP contribution in [-0.4, -0.2) is 30.0 Å². The predicted molar refractivity (Wildman–Crippen MR) is 58.6 cm³/mol. The number of ether oxygens (including phenoxy) is 1. The van der Waals surface area contributed by atoms with E-state index < -0.39 is 0 Å². The third-order valence-electron chi connectivity index (χ3n) is 3.13. The molecule has 15 heavy (non-hydrogen) atoms. The number of hydrogen-bond acceptors (Lipinski definition) is 3. The van der Waals surface area contributed by atoms with E-state index in [4.69, 9.17) is 4.74 Å². The van der Waals surface area contributed by atoms with Crippen molar-refractivity contribution in [2.45, 2.75) is 18.9 Å². The van der Waals surface area contributed by atoms with Gasteiger partial charge in [0.05, 0.1) is 6.20 Å². The Morgan fingerprint density at radius 3 is 2.80 bits per heavy atom. The van der Waals surface area contributed by atoms with Gasteiger partial charge < -0.3 is 10.1 Å². The molecule has 2 heterocycles. The van der Waals surface area contributed by atoms with Crippen LogP contribution in [0, 0.1) is 5.92 Å². The van der Waals surface area contributed by atoms with Gasteiger partial charge in [-0.3, -0.25) is 4.68 Å². The molecular weight excluding hydrogens is 190 g/mol. The van der Waals surface area contributed by atoms with E-state index in [0.29, 0.717) is 12.0 Å². The lowest BCUT2D eigenvalue weighted by Crippen LogP contribution is -2.29. The molecule has 1 N–H and O–H groups in total. The van der Waals surface area contributed by atoms with E-state index in [1.165, 1.54) is 5.56 Å². The highest BCUT2D eigenvalue weighted by Crippen LogP contribution is 2.29. The summed E-state index contributed by atoms with van der Waals surface area (Å²) >= 11 is 0. The first-order valence-corrected chi connectivity index (χ1v) is 5.55. The maximum Gasteiger partial charge on any atom is 0.0537 e. The van der Waals surface area contributed by atoms with Crippen molar-refractivity contribution in [2.75, 3.05) is 20.3 Å². The minimum absolute atomic E-state index is 0.419. The van der Waals surface area contributed by atoms with E-state index in [1.54, 1.807) is 0 Å². The van der Waals surface area contributed by atoms with Gasteiger partial charge in [0.15, 0.2) is 0 Å². The Kier molecular flexibility index (Phi) is 3.38. The van der Waals surface area contributed by atoms with Crippen molar-refractivity contribution in [1.29, 1.82) is 0 Å². The maximum atomic E-state index is 5.39. The summed E-state index contributed by atoms with van der Waals surface area (Å²) in [7, 11) is 3.98. The second-order valence-corrected chi connectivity index (χ2v) is 4.16. The molecule has 0 aliphatic carbocycles. The summed E-state index contributed by atoms with van der Waals surface area (Å²) in [5, 5.41) is 7.62. The Morgan fingerprint density at radius 2 is 2.27 bits per heavy atom. The quantitative estimate of drug-likeness (QED) is 0.810. The topological polar surface area (TPSA) is 39.1 Å². The molecule has 1 saturated heterocycles. The smallest absolute Gasteiger partial charge is 0.0537 e. The predicted octanol–water partition coefficient (Wildman–Crippen LogP) is 1.11. The Morgan fingerprint density at radius 1 is 1.53 bits per heavy atom. The van der Waals surface area contributed by atoms with E-state index in [9.17, 15) is 0 Å². The SMILES string of the molecule is CNC(c1cnn(C)c1)C1CCOCC1. The molecule has 84 valence electrons. The van der Waals surface area contributed by atoms with Crippen molar-refractivity contribution in [3.63, 3.8) is 0 Å². The fraction of sp³-hybridized carbons (Fsp3) is 0.727. The summed E-state index contributed by atoms with van der Waals surface area (Å²) in [4.78, 5) is 0. The molecule has 1 unspecified atom stereocenters. The summed E-state index contributed by atoms with van der Waals surface area (Å²) in [6.07, 6.45) is 6.33. The lowest BCUT2D eigenvalue weighted by Gasteiger charge is -2.29. The lowest BCUT2D eigenvalue weighted by molar-refractivity contribution is 0.0546. The van der Waals surface area contributed by atoms with Gasteiger partial charge in [-0.2, -0.15) is 5.10 Å². The van der Waals surface area contributed by atoms with Crippen molar-refractivity contribution in [3.8, 4) is 0 Å². The highest BCUT2D eigenvalue weighted by atomic mass is 16.5. The van der Waals surface area contributed by atoms with Gasteiger partial charge in [-0.1, -0.05) is 0 Å². The molecule has 1 aliphatic rings. The van der Waals surface area contributed by atoms with E-state index in [-0.39, 0.29) is 0 Å². The zero-order chi connectivity index (χ0) is 10.7. The largest absolute Gasteiger partial charge is 0.381 e. The number of aromatic nitrogens is 2. The second kappa shape index (κ2) is 4.77. The minimum Gasteiger partial charge on any atom is -0.381 e. The fourth-order valence-corrected chi connectivity index (χ4v) is 2.32. The fourth-order valence-electron chi connectivity index (χ4n) is 2.32. The normalized spacial score (nSPS) is 20.4. The first-order valence-electron chi connectivity index (χ1n) is 5.55. The molecule has 0 bridgehead atoms. The molecule has 4 heteroatoms. The van der Waals surface area contributed by atoms with E-state index in [1.807, 2.05) is 25.0 Å². The molecule has 1 aliphatic heterocycles. The third-order valence-corrected chi connectivity index (χ3v) is 3.13. The molecule has 0 aromatic carbocycles. The van der Waals surface area contributed by atoms with Crippen LogP contribution in [0.3, 0.4) is 0 Å². The van der Waals surface area contributed by atoms with Crippen LogP contribution in [0.4, 0.5) is 0 Å². The maximum absolute atomic E-state index is 5.39. The van der Waals surface area contributed by atoms with Crippen molar-refractivity contribution < 1.29 is 4.74 Å². The average molecular weight is 209 g/mol. The standard InChI is InChI=1S/C11H19N3O/c1-12-11(9-3-5-15-6-4-9)10-7-13-14(2)8-10/h7-9,11-12H,3-6H2,1-2H3. The minimum atomic E-state index is 0.419. The van der Waals surface area contributed by atoms with E-state index in [0.717, 1.165) is 26.1 Å². The number of rotatable bonds is 3. The van der Waals surface area contributed by atoms with Crippen LogP contribution in [0.5, 0.6) is 0 Å². The summed E-state index contributed by atoms with van der Waals surface area (Å²) in [5.74, 6) is 0.674. The van der Waals surface area contributed by atoms with Gasteiger partial charge in [0.25, 0.3) is 0 Å². The van der Waals surface area contributed by atoms with Crippen molar-refractivity contribution in [1.82, 2.24) is 15.1 Å². The van der Waals surface area contributed by atoms with Crippen LogP contribution in [0.25, 0.3) is 0 Å². The van der Waals surface area contributed by atoms with Crippen molar-refractivity contribution >= 4 is 0 Å². The first kappa shape index (κ1) is 10.6. The van der Waals surface area contributed by atoms with Gasteiger partial charge in [-0.25, -0.2) is 0 Å². The van der Waals surface area contributed by atoms with Gasteiger partial charge in [0, 0.05) is 38.1 Å². The molecule has 0 saturated carbocycles. The Balaban J connectivity index is 2.08. The molecule has 1 fully saturated rings. The van der Waals surface area contributed by atoms with Gasteiger partial charge in [-0.15, -0.1) is 0 Å². The summed E-state index contributed by atoms with van der Waals surface area (Å²) in [6, 6.07) is 0.419. The summed E-state index contributed by atoms with van der Waals surface area (Å²) in [6.45, 7) is 1.78. The molecule has 4 nitrogen and oxygen atoms in total. The van der Waals surface area contributed by atoms with Crippen molar-refractivity contribution in [2.24, 2.45) is 13.0 Å². The first-order chi connectivity index (χ1) is 7.31. The van der Waals surface area contributed by atoms with Gasteiger partial charge in [0.1, 0.15) is 0 Å². The van der Waals surface area contributed by atoms with Gasteiger partial charge >= 0.3 is 0 Å². The molecule has 1 atom stereocenters. The molecule has 1 aromatic rings. The highest BCUT2D eigenvalue weighted by Gasteiger charge is 2.24. The molecule has 1 aromatic heterocycles. The van der Waals surface area contributed by atoms with Crippen LogP contribution >= 0.6 is 0 Å². The molecule has 0 radical (unpaired) electrons. The van der Waals surface area contributed by atoms with Crippen LogP contribution < -0.4 is 5.32 Å². The Hall–Kier alpha value is -0.870. The average Bonchev–Trinajstić information content (AvgIpc) is 2.68. The zero-order valence-corrected chi connectivity index (χ0v) is 9.44. The summed E-state index contributed by atoms with van der Waals surface area (Å²) < 4.78 is 7.25. The molecule has 0 amide bonds. The third kappa shape index (κ3) is 2.38. The molecule has 0 spiro atoms. The lowest BCUT2D eigenvalue weighted by atomic mass is 9.88. The Bertz CT molecular complexity index is 305. The number of aryl methyl sites for hydroxylation is 1. The van der Waals surface area contributed by atoms with Crippen molar-refractivity contribution in [3.05, 3.63) is 18.0 Å². The van der Waals surface area contributed by atoms with Crippen LogP contribution in [0.2, 0.25) is 0 Å². The van der Waals surface area contributed by atoms with Crippen LogP contribution in [-0.2, 0) is 11.8 Å². The number of nitrogens with zero attached hydrogens (tertiary/aromatic N) is 2. The van der Waals surface area contributed by atoms with Crippen LogP contribution in [0.15, 0.2) is 12.4 Å². The highest BCUT2D eigenvalue weighted by molar-refractivity contribution is 5.11. The monoisotopic (exact) mass is 209 g/mol. The molecule has 2 rings (SSSR count). The zero-order valence-electron chi connectivity index (χ0n) is 9.44. The number of nitrogens with one attached hydrogen (secondary N) is 1. The molecular formula is C11H19N3O. The van der Waals surface area contributed by atoms with E-state index in [2.05, 4.69) is 16.6 Å². The van der Waals surface area contributed by atoms with Crippen LogP contribution in [0.1, 0.15) is 24.4 Å². The van der Waals surface area contributed by atoms with Gasteiger partial charge in [-0.05, 0) is 25.8 Å². The summed E-state index contributed by atoms with van der Waals surface area (Å²) in [5.41, 5.74) is 1.28. The van der Waals surface area contributed by atoms with E-state index >= 15 is 0 Å².